The minimum Gasteiger partial charge on any atom is -0.480 e. The molecule has 1 aromatic carbocycles. The Morgan fingerprint density at radius 1 is 1.43 bits per heavy atom. The molecule has 0 saturated carbocycles. The van der Waals surface area contributed by atoms with Crippen LogP contribution in [0.2, 0.25) is 0 Å². The van der Waals surface area contributed by atoms with Crippen LogP contribution in [0.1, 0.15) is 13.3 Å². The predicted molar refractivity (Wildman–Crippen MR) is 71.8 cm³/mol. The van der Waals surface area contributed by atoms with Gasteiger partial charge in [0.1, 0.15) is 17.7 Å². The monoisotopic (exact) mass is 298 g/mol. The summed E-state index contributed by atoms with van der Waals surface area (Å²) in [6.07, 6.45) is 0.690. The number of likely N-dealkylation sites (tertiary alicyclic amines) is 1. The van der Waals surface area contributed by atoms with E-state index in [0.717, 1.165) is 12.1 Å². The van der Waals surface area contributed by atoms with Crippen LogP contribution in [0.4, 0.5) is 14.5 Å². The number of carboxylic acids is 1. The van der Waals surface area contributed by atoms with Crippen molar-refractivity contribution >= 4 is 17.6 Å². The molecule has 1 aromatic rings. The van der Waals surface area contributed by atoms with Gasteiger partial charge in [-0.05, 0) is 31.0 Å². The van der Waals surface area contributed by atoms with Crippen molar-refractivity contribution in [3.8, 4) is 0 Å². The first kappa shape index (κ1) is 15.4. The van der Waals surface area contributed by atoms with Crippen LogP contribution < -0.4 is 5.32 Å². The number of benzene rings is 1. The number of amides is 1. The van der Waals surface area contributed by atoms with E-state index in [0.29, 0.717) is 19.0 Å². The van der Waals surface area contributed by atoms with Crippen molar-refractivity contribution in [3.63, 3.8) is 0 Å². The number of aliphatic carboxylic acids is 1. The van der Waals surface area contributed by atoms with E-state index < -0.39 is 29.6 Å². The summed E-state index contributed by atoms with van der Waals surface area (Å²) >= 11 is 0. The van der Waals surface area contributed by atoms with Crippen LogP contribution in [0.15, 0.2) is 18.2 Å². The van der Waals surface area contributed by atoms with E-state index in [1.165, 1.54) is 0 Å². The van der Waals surface area contributed by atoms with Crippen LogP contribution in [-0.2, 0) is 9.59 Å². The molecule has 1 aliphatic rings. The number of hydrogen-bond donors (Lipinski definition) is 2. The van der Waals surface area contributed by atoms with E-state index in [2.05, 4.69) is 5.32 Å². The Morgan fingerprint density at radius 2 is 2.14 bits per heavy atom. The third-order valence-electron chi connectivity index (χ3n) is 3.61. The standard InChI is InChI=1S/C14H16F2N2O3/c1-8-4-5-18(13(8)14(20)21)7-12(19)17-11-3-2-9(15)6-10(11)16/h2-3,6,8,13H,4-5,7H2,1H3,(H,17,19)(H,20,21). The lowest BCUT2D eigenvalue weighted by atomic mass is 10.0. The number of rotatable bonds is 4. The number of carbonyl (C=O) groups excluding carboxylic acids is 1. The minimum absolute atomic E-state index is 0.0437. The number of nitrogens with one attached hydrogen (secondary N) is 1. The third kappa shape index (κ3) is 3.55. The Labute approximate surface area is 120 Å². The van der Waals surface area contributed by atoms with Crippen molar-refractivity contribution < 1.29 is 23.5 Å². The number of anilines is 1. The average molecular weight is 298 g/mol. The smallest absolute Gasteiger partial charge is 0.321 e. The van der Waals surface area contributed by atoms with Gasteiger partial charge in [0.05, 0.1) is 12.2 Å². The second kappa shape index (κ2) is 6.17. The Morgan fingerprint density at radius 3 is 2.76 bits per heavy atom. The second-order valence-electron chi connectivity index (χ2n) is 5.19. The van der Waals surface area contributed by atoms with Gasteiger partial charge in [0.2, 0.25) is 5.91 Å². The van der Waals surface area contributed by atoms with E-state index in [1.54, 1.807) is 4.90 Å². The van der Waals surface area contributed by atoms with Gasteiger partial charge in [0.15, 0.2) is 0 Å². The summed E-state index contributed by atoms with van der Waals surface area (Å²) in [5.41, 5.74) is -0.125. The lowest BCUT2D eigenvalue weighted by Crippen LogP contribution is -2.43. The van der Waals surface area contributed by atoms with Crippen molar-refractivity contribution in [1.82, 2.24) is 4.90 Å². The normalized spacial score (nSPS) is 22.2. The van der Waals surface area contributed by atoms with Crippen molar-refractivity contribution in [2.24, 2.45) is 5.92 Å². The number of halogens is 2. The van der Waals surface area contributed by atoms with Crippen LogP contribution in [0, 0.1) is 17.6 Å². The van der Waals surface area contributed by atoms with Crippen molar-refractivity contribution in [2.45, 2.75) is 19.4 Å². The number of nitrogens with zero attached hydrogens (tertiary/aromatic N) is 1. The molecule has 1 fully saturated rings. The van der Waals surface area contributed by atoms with Crippen LogP contribution in [-0.4, -0.2) is 41.0 Å². The summed E-state index contributed by atoms with van der Waals surface area (Å²) in [4.78, 5) is 24.6. The zero-order valence-electron chi connectivity index (χ0n) is 11.5. The van der Waals surface area contributed by atoms with Gasteiger partial charge in [-0.3, -0.25) is 14.5 Å². The largest absolute Gasteiger partial charge is 0.480 e. The average Bonchev–Trinajstić information content (AvgIpc) is 2.74. The molecule has 2 atom stereocenters. The van der Waals surface area contributed by atoms with Gasteiger partial charge in [-0.2, -0.15) is 0 Å². The number of hydrogen-bond acceptors (Lipinski definition) is 3. The molecule has 21 heavy (non-hydrogen) atoms. The Bertz CT molecular complexity index is 565. The Hall–Kier alpha value is -2.02. The summed E-state index contributed by atoms with van der Waals surface area (Å²) in [5, 5.41) is 11.5. The maximum Gasteiger partial charge on any atom is 0.321 e. The van der Waals surface area contributed by atoms with Gasteiger partial charge < -0.3 is 10.4 Å². The van der Waals surface area contributed by atoms with Crippen LogP contribution >= 0.6 is 0 Å². The van der Waals surface area contributed by atoms with E-state index >= 15 is 0 Å². The zero-order chi connectivity index (χ0) is 15.6. The first-order valence-corrected chi connectivity index (χ1v) is 6.60. The summed E-state index contributed by atoms with van der Waals surface area (Å²) in [6, 6.07) is 2.13. The lowest BCUT2D eigenvalue weighted by molar-refractivity contribution is -0.143. The predicted octanol–water partition coefficient (Wildman–Crippen LogP) is 1.70. The second-order valence-corrected chi connectivity index (χ2v) is 5.19. The topological polar surface area (TPSA) is 69.6 Å². The van der Waals surface area contributed by atoms with Gasteiger partial charge in [-0.1, -0.05) is 6.92 Å². The fourth-order valence-electron chi connectivity index (χ4n) is 2.57. The molecule has 1 saturated heterocycles. The molecule has 0 bridgehead atoms. The fraction of sp³-hybridized carbons (Fsp3) is 0.429. The van der Waals surface area contributed by atoms with Crippen LogP contribution in [0.5, 0.6) is 0 Å². The highest BCUT2D eigenvalue weighted by Gasteiger charge is 2.37. The molecule has 2 unspecified atom stereocenters. The van der Waals surface area contributed by atoms with E-state index in [1.807, 2.05) is 6.92 Å². The first-order valence-electron chi connectivity index (χ1n) is 6.60. The molecule has 0 radical (unpaired) electrons. The van der Waals surface area contributed by atoms with Crippen LogP contribution in [0.25, 0.3) is 0 Å². The molecule has 0 spiro atoms. The molecule has 2 N–H and O–H groups in total. The molecule has 0 aliphatic carbocycles. The molecule has 5 nitrogen and oxygen atoms in total. The highest BCUT2D eigenvalue weighted by atomic mass is 19.1. The van der Waals surface area contributed by atoms with Gasteiger partial charge in [-0.15, -0.1) is 0 Å². The molecule has 1 aliphatic heterocycles. The quantitative estimate of drug-likeness (QED) is 0.887. The molecule has 2 rings (SSSR count). The zero-order valence-corrected chi connectivity index (χ0v) is 11.5. The highest BCUT2D eigenvalue weighted by molar-refractivity contribution is 5.92. The van der Waals surface area contributed by atoms with Gasteiger partial charge >= 0.3 is 5.97 Å². The Kier molecular flexibility index (Phi) is 4.52. The lowest BCUT2D eigenvalue weighted by Gasteiger charge is -2.22. The maximum absolute atomic E-state index is 13.4. The van der Waals surface area contributed by atoms with Gasteiger partial charge in [0.25, 0.3) is 0 Å². The van der Waals surface area contributed by atoms with Crippen LogP contribution in [0.3, 0.4) is 0 Å². The molecule has 1 heterocycles. The first-order chi connectivity index (χ1) is 9.88. The third-order valence-corrected chi connectivity index (χ3v) is 3.61. The SMILES string of the molecule is CC1CCN(CC(=O)Nc2ccc(F)cc2F)C1C(=O)O. The van der Waals surface area contributed by atoms with E-state index in [-0.39, 0.29) is 18.2 Å². The van der Waals surface area contributed by atoms with Crippen molar-refractivity contribution in [2.75, 3.05) is 18.4 Å². The highest BCUT2D eigenvalue weighted by Crippen LogP contribution is 2.24. The maximum atomic E-state index is 13.4. The van der Waals surface area contributed by atoms with Crippen molar-refractivity contribution in [1.29, 1.82) is 0 Å². The fourth-order valence-corrected chi connectivity index (χ4v) is 2.57. The Balaban J connectivity index is 2.00. The van der Waals surface area contributed by atoms with E-state index in [9.17, 15) is 18.4 Å². The van der Waals surface area contributed by atoms with Gasteiger partial charge in [-0.25, -0.2) is 8.78 Å². The summed E-state index contributed by atoms with van der Waals surface area (Å²) < 4.78 is 26.2. The van der Waals surface area contributed by atoms with Gasteiger partial charge in [0, 0.05) is 6.07 Å². The summed E-state index contributed by atoms with van der Waals surface area (Å²) in [6.45, 7) is 2.17. The van der Waals surface area contributed by atoms with E-state index in [4.69, 9.17) is 5.11 Å². The molecule has 7 heteroatoms. The minimum atomic E-state index is -0.972. The van der Waals surface area contributed by atoms with Crippen molar-refractivity contribution in [3.05, 3.63) is 29.8 Å². The molecular formula is C14H16F2N2O3. The number of carbonyl (C=O) groups is 2. The number of carboxylic acid groups (broad SMARTS) is 1. The summed E-state index contributed by atoms with van der Waals surface area (Å²) in [5.74, 6) is -3.14. The molecular weight excluding hydrogens is 282 g/mol. The summed E-state index contributed by atoms with van der Waals surface area (Å²) in [7, 11) is 0. The molecule has 114 valence electrons. The molecule has 1 amide bonds. The molecule has 0 aromatic heterocycles.